The summed E-state index contributed by atoms with van der Waals surface area (Å²) in [5, 5.41) is 2.96. The molecule has 5 heteroatoms. The van der Waals surface area contributed by atoms with E-state index in [4.69, 9.17) is 4.42 Å². The summed E-state index contributed by atoms with van der Waals surface area (Å²) in [6, 6.07) is 18.1. The number of nitrogens with zero attached hydrogens (tertiary/aromatic N) is 1. The van der Waals surface area contributed by atoms with E-state index in [-0.39, 0.29) is 11.9 Å². The van der Waals surface area contributed by atoms with Crippen LogP contribution in [0.3, 0.4) is 0 Å². The average molecular weight is 364 g/mol. The monoisotopic (exact) mass is 364 g/mol. The third-order valence-corrected chi connectivity index (χ3v) is 5.54. The van der Waals surface area contributed by atoms with Crippen molar-refractivity contribution in [3.05, 3.63) is 82.8 Å². The van der Waals surface area contributed by atoms with Crippen molar-refractivity contribution in [2.75, 3.05) is 0 Å². The number of amides is 1. The molecule has 0 radical (unpaired) electrons. The first-order chi connectivity index (χ1) is 12.6. The Morgan fingerprint density at radius 1 is 1.19 bits per heavy atom. The minimum Gasteiger partial charge on any atom is -0.467 e. The molecule has 0 fully saturated rings. The van der Waals surface area contributed by atoms with Crippen molar-refractivity contribution < 1.29 is 9.21 Å². The van der Waals surface area contributed by atoms with Crippen LogP contribution in [0, 0.1) is 6.92 Å². The van der Waals surface area contributed by atoms with Gasteiger partial charge in [0.2, 0.25) is 0 Å². The van der Waals surface area contributed by atoms with Crippen molar-refractivity contribution in [3.63, 3.8) is 0 Å². The van der Waals surface area contributed by atoms with E-state index in [1.165, 1.54) is 10.4 Å². The van der Waals surface area contributed by atoms with Gasteiger partial charge in [-0.1, -0.05) is 30.3 Å². The van der Waals surface area contributed by atoms with E-state index in [1.54, 1.807) is 17.6 Å². The molecular weight excluding hydrogens is 344 g/mol. The van der Waals surface area contributed by atoms with E-state index in [1.807, 2.05) is 36.4 Å². The second kappa shape index (κ2) is 6.84. The molecule has 0 bridgehead atoms. The number of nitrogens with one attached hydrogen (secondary N) is 1. The van der Waals surface area contributed by atoms with Crippen LogP contribution in [0.1, 0.15) is 39.7 Å². The van der Waals surface area contributed by atoms with E-state index in [0.717, 1.165) is 16.0 Å². The van der Waals surface area contributed by atoms with Crippen LogP contribution in [-0.4, -0.2) is 10.5 Å². The molecule has 0 unspecified atom stereocenters. The molecule has 0 saturated carbocycles. The molecule has 0 aliphatic heterocycles. The average Bonchev–Trinajstić information content (AvgIpc) is 3.35. The highest BCUT2D eigenvalue weighted by molar-refractivity contribution is 7.19. The lowest BCUT2D eigenvalue weighted by molar-refractivity contribution is 0.0938. The number of furan rings is 1. The summed E-state index contributed by atoms with van der Waals surface area (Å²) < 4.78 is 8.57. The van der Waals surface area contributed by atoms with Gasteiger partial charge in [0.25, 0.3) is 5.91 Å². The van der Waals surface area contributed by atoms with E-state index < -0.39 is 0 Å². The fourth-order valence-electron chi connectivity index (χ4n) is 3.28. The van der Waals surface area contributed by atoms with Gasteiger partial charge in [-0.05, 0) is 43.7 Å². The summed E-state index contributed by atoms with van der Waals surface area (Å²) in [4.78, 5) is 14.1. The first-order valence-corrected chi connectivity index (χ1v) is 9.42. The molecule has 4 nitrogen and oxygen atoms in total. The summed E-state index contributed by atoms with van der Waals surface area (Å²) in [6.45, 7) is 4.60. The van der Waals surface area contributed by atoms with Crippen LogP contribution in [0.25, 0.3) is 10.2 Å². The normalized spacial score (nSPS) is 12.4. The van der Waals surface area contributed by atoms with Crippen LogP contribution in [0.15, 0.2) is 65.3 Å². The van der Waals surface area contributed by atoms with Crippen molar-refractivity contribution in [1.82, 2.24) is 9.88 Å². The predicted molar refractivity (Wildman–Crippen MR) is 105 cm³/mol. The number of carbonyl (C=O) groups is 1. The highest BCUT2D eigenvalue weighted by atomic mass is 32.1. The van der Waals surface area contributed by atoms with Crippen molar-refractivity contribution in [2.24, 2.45) is 0 Å². The molecule has 1 atom stereocenters. The molecule has 1 aromatic carbocycles. The first-order valence-electron chi connectivity index (χ1n) is 8.60. The van der Waals surface area contributed by atoms with Crippen LogP contribution in [0.4, 0.5) is 0 Å². The second-order valence-corrected chi connectivity index (χ2v) is 7.64. The quantitative estimate of drug-likeness (QED) is 0.533. The third-order valence-electron chi connectivity index (χ3n) is 4.56. The Kier molecular flexibility index (Phi) is 4.39. The first kappa shape index (κ1) is 16.7. The van der Waals surface area contributed by atoms with Gasteiger partial charge in [0.1, 0.15) is 11.5 Å². The van der Waals surface area contributed by atoms with Gasteiger partial charge in [-0.3, -0.25) is 4.79 Å². The van der Waals surface area contributed by atoms with Gasteiger partial charge in [0, 0.05) is 4.88 Å². The molecule has 4 rings (SSSR count). The van der Waals surface area contributed by atoms with Gasteiger partial charge in [0.15, 0.2) is 0 Å². The van der Waals surface area contributed by atoms with Crippen LogP contribution in [0.2, 0.25) is 0 Å². The number of hydrogen-bond acceptors (Lipinski definition) is 3. The Morgan fingerprint density at radius 2 is 2.00 bits per heavy atom. The molecule has 3 aromatic heterocycles. The SMILES string of the molecule is Cc1cc2c(cc(C(=O)NCc3ccco3)n2[C@H](C)c2ccccc2)s1. The van der Waals surface area contributed by atoms with Crippen LogP contribution in [0.5, 0.6) is 0 Å². The highest BCUT2D eigenvalue weighted by Crippen LogP contribution is 2.33. The maximum absolute atomic E-state index is 12.9. The molecule has 132 valence electrons. The van der Waals surface area contributed by atoms with Crippen molar-refractivity contribution in [3.8, 4) is 0 Å². The second-order valence-electron chi connectivity index (χ2n) is 6.35. The zero-order chi connectivity index (χ0) is 18.1. The number of thiophene rings is 1. The van der Waals surface area contributed by atoms with E-state index >= 15 is 0 Å². The summed E-state index contributed by atoms with van der Waals surface area (Å²) in [5.74, 6) is 0.649. The molecular formula is C21H20N2O2S. The zero-order valence-electron chi connectivity index (χ0n) is 14.7. The molecule has 1 N–H and O–H groups in total. The fourth-order valence-corrected chi connectivity index (χ4v) is 4.23. The fraction of sp³-hybridized carbons (Fsp3) is 0.190. The number of rotatable bonds is 5. The smallest absolute Gasteiger partial charge is 0.268 e. The molecule has 26 heavy (non-hydrogen) atoms. The summed E-state index contributed by atoms with van der Waals surface area (Å²) in [5.41, 5.74) is 2.95. The van der Waals surface area contributed by atoms with Gasteiger partial charge in [0.05, 0.1) is 29.1 Å². The minimum atomic E-state index is -0.0924. The largest absolute Gasteiger partial charge is 0.467 e. The third kappa shape index (κ3) is 3.06. The van der Waals surface area contributed by atoms with Gasteiger partial charge >= 0.3 is 0 Å². The lowest BCUT2D eigenvalue weighted by Crippen LogP contribution is -2.26. The Labute approximate surface area is 156 Å². The van der Waals surface area contributed by atoms with Gasteiger partial charge in [-0.25, -0.2) is 0 Å². The zero-order valence-corrected chi connectivity index (χ0v) is 15.5. The number of aryl methyl sites for hydroxylation is 1. The maximum Gasteiger partial charge on any atom is 0.268 e. The van der Waals surface area contributed by atoms with Crippen molar-refractivity contribution in [1.29, 1.82) is 0 Å². The Balaban J connectivity index is 1.72. The topological polar surface area (TPSA) is 47.2 Å². The van der Waals surface area contributed by atoms with E-state index in [0.29, 0.717) is 12.2 Å². The molecule has 4 aromatic rings. The lowest BCUT2D eigenvalue weighted by Gasteiger charge is -2.18. The molecule has 0 saturated heterocycles. The summed E-state index contributed by atoms with van der Waals surface area (Å²) in [6.07, 6.45) is 1.61. The van der Waals surface area contributed by atoms with Crippen LogP contribution >= 0.6 is 11.3 Å². The standard InChI is InChI=1S/C21H20N2O2S/c1-14-11-18-20(26-14)12-19(21(24)22-13-17-9-6-10-25-17)23(18)15(2)16-7-4-3-5-8-16/h3-12,15H,13H2,1-2H3,(H,22,24)/t15-/m1/s1. The molecule has 1 amide bonds. The predicted octanol–water partition coefficient (Wildman–Crippen LogP) is 5.14. The summed E-state index contributed by atoms with van der Waals surface area (Å²) in [7, 11) is 0. The maximum atomic E-state index is 12.9. The Bertz CT molecular complexity index is 1030. The number of aromatic nitrogens is 1. The van der Waals surface area contributed by atoms with Gasteiger partial charge in [-0.2, -0.15) is 0 Å². The van der Waals surface area contributed by atoms with Crippen LogP contribution in [-0.2, 0) is 6.54 Å². The Hall–Kier alpha value is -2.79. The van der Waals surface area contributed by atoms with Crippen molar-refractivity contribution >= 4 is 27.5 Å². The minimum absolute atomic E-state index is 0.0621. The van der Waals surface area contributed by atoms with E-state index in [9.17, 15) is 4.79 Å². The molecule has 3 heterocycles. The number of fused-ring (bicyclic) bond motifs is 1. The summed E-state index contributed by atoms with van der Waals surface area (Å²) >= 11 is 1.71. The highest BCUT2D eigenvalue weighted by Gasteiger charge is 2.21. The van der Waals surface area contributed by atoms with Gasteiger partial charge < -0.3 is 14.3 Å². The van der Waals surface area contributed by atoms with Gasteiger partial charge in [-0.15, -0.1) is 11.3 Å². The number of hydrogen-bond donors (Lipinski definition) is 1. The Morgan fingerprint density at radius 3 is 2.73 bits per heavy atom. The van der Waals surface area contributed by atoms with Crippen molar-refractivity contribution in [2.45, 2.75) is 26.4 Å². The van der Waals surface area contributed by atoms with E-state index in [2.05, 4.69) is 41.9 Å². The lowest BCUT2D eigenvalue weighted by atomic mass is 10.1. The number of benzene rings is 1. The molecule has 0 aliphatic rings. The number of carbonyl (C=O) groups excluding carboxylic acids is 1. The molecule has 0 spiro atoms. The van der Waals surface area contributed by atoms with Crippen LogP contribution < -0.4 is 5.32 Å². The molecule has 0 aliphatic carbocycles.